The van der Waals surface area contributed by atoms with Gasteiger partial charge in [-0.2, -0.15) is 0 Å². The molecule has 5 heteroatoms. The molecule has 0 spiro atoms. The van der Waals surface area contributed by atoms with Crippen molar-refractivity contribution in [3.63, 3.8) is 0 Å². The molecule has 3 aromatic rings. The number of oxazole rings is 1. The summed E-state index contributed by atoms with van der Waals surface area (Å²) in [6, 6.07) is 9.32. The fourth-order valence-corrected chi connectivity index (χ4v) is 2.64. The zero-order valence-electron chi connectivity index (χ0n) is 11.3. The molecule has 0 aliphatic rings. The lowest BCUT2D eigenvalue weighted by Crippen LogP contribution is -1.90. The van der Waals surface area contributed by atoms with Crippen molar-refractivity contribution in [3.8, 4) is 11.6 Å². The average Bonchev–Trinajstić information content (AvgIpc) is 2.89. The Bertz CT molecular complexity index is 795. The van der Waals surface area contributed by atoms with Crippen LogP contribution in [0.15, 0.2) is 45.8 Å². The molecular formula is C15H14N2O2S. The maximum atomic E-state index is 11.5. The fourth-order valence-electron chi connectivity index (χ4n) is 2.10. The van der Waals surface area contributed by atoms with E-state index in [1.807, 2.05) is 12.1 Å². The van der Waals surface area contributed by atoms with Gasteiger partial charge in [-0.1, -0.05) is 13.0 Å². The van der Waals surface area contributed by atoms with Gasteiger partial charge in [-0.15, -0.1) is 0 Å². The monoisotopic (exact) mass is 286 g/mol. The number of pyridine rings is 1. The lowest BCUT2D eigenvalue weighted by Gasteiger charge is -2.00. The summed E-state index contributed by atoms with van der Waals surface area (Å²) in [5.74, 6) is 0.511. The summed E-state index contributed by atoms with van der Waals surface area (Å²) in [7, 11) is -1.02. The van der Waals surface area contributed by atoms with E-state index in [1.54, 1.807) is 30.7 Å². The third-order valence-electron chi connectivity index (χ3n) is 3.17. The van der Waals surface area contributed by atoms with E-state index < -0.39 is 10.8 Å². The number of nitrogens with zero attached hydrogens (tertiary/aromatic N) is 2. The quantitative estimate of drug-likeness (QED) is 0.742. The molecule has 2 aromatic heterocycles. The second-order valence-corrected chi connectivity index (χ2v) is 5.85. The Labute approximate surface area is 119 Å². The van der Waals surface area contributed by atoms with E-state index in [1.165, 1.54) is 0 Å². The second-order valence-electron chi connectivity index (χ2n) is 4.47. The fraction of sp³-hybridized carbons (Fsp3) is 0.200. The van der Waals surface area contributed by atoms with Crippen LogP contribution in [-0.4, -0.2) is 20.4 Å². The summed E-state index contributed by atoms with van der Waals surface area (Å²) in [6.07, 6.45) is 4.25. The summed E-state index contributed by atoms with van der Waals surface area (Å²) in [6.45, 7) is 2.07. The van der Waals surface area contributed by atoms with Crippen LogP contribution in [0.4, 0.5) is 0 Å². The maximum Gasteiger partial charge on any atom is 0.246 e. The largest absolute Gasteiger partial charge is 0.435 e. The smallest absolute Gasteiger partial charge is 0.246 e. The van der Waals surface area contributed by atoms with Crippen molar-refractivity contribution in [1.29, 1.82) is 0 Å². The first-order valence-corrected chi connectivity index (χ1v) is 7.93. The predicted octanol–water partition coefficient (Wildman–Crippen LogP) is 3.19. The van der Waals surface area contributed by atoms with Gasteiger partial charge >= 0.3 is 0 Å². The van der Waals surface area contributed by atoms with E-state index in [4.69, 9.17) is 4.42 Å². The molecule has 0 saturated heterocycles. The van der Waals surface area contributed by atoms with Gasteiger partial charge < -0.3 is 4.42 Å². The Morgan fingerprint density at radius 1 is 1.30 bits per heavy atom. The van der Waals surface area contributed by atoms with Crippen molar-refractivity contribution in [1.82, 2.24) is 9.97 Å². The van der Waals surface area contributed by atoms with Gasteiger partial charge in [0.2, 0.25) is 5.89 Å². The van der Waals surface area contributed by atoms with Crippen LogP contribution in [0.5, 0.6) is 0 Å². The Kier molecular flexibility index (Phi) is 3.36. The SMILES string of the molecule is CCc1cccnc1-c1nc2cc(S(C)=O)ccc2o1. The standard InChI is InChI=1S/C15H14N2O2S/c1-3-10-5-4-8-16-14(10)15-17-12-9-11(20(2)18)6-7-13(12)19-15/h4-9H,3H2,1-2H3. The molecule has 4 nitrogen and oxygen atoms in total. The normalized spacial score (nSPS) is 12.7. The minimum absolute atomic E-state index is 0.511. The summed E-state index contributed by atoms with van der Waals surface area (Å²) in [4.78, 5) is 9.57. The van der Waals surface area contributed by atoms with Crippen molar-refractivity contribution in [2.75, 3.05) is 6.26 Å². The molecule has 0 bridgehead atoms. The summed E-state index contributed by atoms with van der Waals surface area (Å²) >= 11 is 0. The zero-order chi connectivity index (χ0) is 14.1. The van der Waals surface area contributed by atoms with Crippen molar-refractivity contribution >= 4 is 21.9 Å². The van der Waals surface area contributed by atoms with Crippen LogP contribution in [0, 0.1) is 0 Å². The highest BCUT2D eigenvalue weighted by molar-refractivity contribution is 7.84. The van der Waals surface area contributed by atoms with E-state index in [0.717, 1.165) is 22.6 Å². The molecule has 20 heavy (non-hydrogen) atoms. The number of benzene rings is 1. The van der Waals surface area contributed by atoms with Crippen molar-refractivity contribution in [2.45, 2.75) is 18.2 Å². The Morgan fingerprint density at radius 3 is 2.90 bits per heavy atom. The molecule has 0 N–H and O–H groups in total. The van der Waals surface area contributed by atoms with E-state index in [-0.39, 0.29) is 0 Å². The van der Waals surface area contributed by atoms with Crippen LogP contribution in [-0.2, 0) is 17.2 Å². The number of aryl methyl sites for hydroxylation is 1. The van der Waals surface area contributed by atoms with Gasteiger partial charge in [0, 0.05) is 28.1 Å². The molecule has 0 amide bonds. The molecule has 1 aromatic carbocycles. The van der Waals surface area contributed by atoms with Crippen molar-refractivity contribution in [3.05, 3.63) is 42.1 Å². The molecule has 0 aliphatic carbocycles. The van der Waals surface area contributed by atoms with E-state index in [2.05, 4.69) is 16.9 Å². The van der Waals surface area contributed by atoms with Crippen LogP contribution in [0.2, 0.25) is 0 Å². The zero-order valence-corrected chi connectivity index (χ0v) is 12.1. The molecule has 0 aliphatic heterocycles. The Balaban J connectivity index is 2.15. The van der Waals surface area contributed by atoms with E-state index in [9.17, 15) is 4.21 Å². The van der Waals surface area contributed by atoms with Gasteiger partial charge in [0.25, 0.3) is 0 Å². The molecule has 102 valence electrons. The third-order valence-corrected chi connectivity index (χ3v) is 4.08. The second kappa shape index (κ2) is 5.17. The lowest BCUT2D eigenvalue weighted by atomic mass is 10.1. The lowest BCUT2D eigenvalue weighted by molar-refractivity contribution is 0.615. The number of hydrogen-bond acceptors (Lipinski definition) is 4. The Morgan fingerprint density at radius 2 is 2.15 bits per heavy atom. The number of rotatable bonds is 3. The first kappa shape index (κ1) is 13.0. The first-order valence-electron chi connectivity index (χ1n) is 6.37. The van der Waals surface area contributed by atoms with Gasteiger partial charge in [-0.3, -0.25) is 9.19 Å². The van der Waals surface area contributed by atoms with Crippen LogP contribution in [0.3, 0.4) is 0 Å². The van der Waals surface area contributed by atoms with Gasteiger partial charge in [0.1, 0.15) is 11.2 Å². The topological polar surface area (TPSA) is 56.0 Å². The van der Waals surface area contributed by atoms with Crippen LogP contribution in [0.1, 0.15) is 12.5 Å². The van der Waals surface area contributed by atoms with Gasteiger partial charge in [-0.25, -0.2) is 4.98 Å². The molecule has 1 atom stereocenters. The van der Waals surface area contributed by atoms with Gasteiger partial charge in [-0.05, 0) is 36.2 Å². The molecule has 1 unspecified atom stereocenters. The number of hydrogen-bond donors (Lipinski definition) is 0. The number of aromatic nitrogens is 2. The molecule has 2 heterocycles. The van der Waals surface area contributed by atoms with Crippen molar-refractivity contribution in [2.24, 2.45) is 0 Å². The van der Waals surface area contributed by atoms with Crippen molar-refractivity contribution < 1.29 is 8.63 Å². The highest BCUT2D eigenvalue weighted by Gasteiger charge is 2.13. The highest BCUT2D eigenvalue weighted by atomic mass is 32.2. The van der Waals surface area contributed by atoms with Crippen LogP contribution in [0.25, 0.3) is 22.7 Å². The predicted molar refractivity (Wildman–Crippen MR) is 79.0 cm³/mol. The molecule has 0 fully saturated rings. The molecular weight excluding hydrogens is 272 g/mol. The first-order chi connectivity index (χ1) is 9.69. The highest BCUT2D eigenvalue weighted by Crippen LogP contribution is 2.26. The minimum Gasteiger partial charge on any atom is -0.435 e. The van der Waals surface area contributed by atoms with Gasteiger partial charge in [0.15, 0.2) is 5.58 Å². The summed E-state index contributed by atoms with van der Waals surface area (Å²) in [5.41, 5.74) is 3.26. The van der Waals surface area contributed by atoms with E-state index in [0.29, 0.717) is 17.0 Å². The summed E-state index contributed by atoms with van der Waals surface area (Å²) in [5, 5.41) is 0. The van der Waals surface area contributed by atoms with Crippen LogP contribution < -0.4 is 0 Å². The minimum atomic E-state index is -1.02. The molecule has 0 radical (unpaired) electrons. The van der Waals surface area contributed by atoms with Crippen LogP contribution >= 0.6 is 0 Å². The molecule has 0 saturated carbocycles. The van der Waals surface area contributed by atoms with E-state index >= 15 is 0 Å². The van der Waals surface area contributed by atoms with Gasteiger partial charge in [0.05, 0.1) is 0 Å². The average molecular weight is 286 g/mol. The third kappa shape index (κ3) is 2.25. The summed E-state index contributed by atoms with van der Waals surface area (Å²) < 4.78 is 17.3. The molecule has 3 rings (SSSR count). The number of fused-ring (bicyclic) bond motifs is 1. The Hall–Kier alpha value is -2.01. The maximum absolute atomic E-state index is 11.5.